The third-order valence-corrected chi connectivity index (χ3v) is 3.40. The normalized spacial score (nSPS) is 14.8. The van der Waals surface area contributed by atoms with Crippen LogP contribution >= 0.6 is 0 Å². The Morgan fingerprint density at radius 1 is 1.44 bits per heavy atom. The largest absolute Gasteiger partial charge is 0.398 e. The van der Waals surface area contributed by atoms with Crippen molar-refractivity contribution in [1.29, 1.82) is 0 Å². The molecule has 98 valence electrons. The Morgan fingerprint density at radius 3 is 2.78 bits per heavy atom. The highest BCUT2D eigenvalue weighted by molar-refractivity contribution is 5.75. The number of rotatable bonds is 6. The lowest BCUT2D eigenvalue weighted by molar-refractivity contribution is -0.121. The number of nitrogens with one attached hydrogen (secondary N) is 1. The van der Waals surface area contributed by atoms with Gasteiger partial charge in [-0.3, -0.25) is 9.69 Å². The third kappa shape index (κ3) is 3.47. The van der Waals surface area contributed by atoms with E-state index in [2.05, 4.69) is 16.3 Å². The number of carbonyl (C=O) groups excluding carboxylic acids is 1. The molecule has 4 heteroatoms. The molecule has 18 heavy (non-hydrogen) atoms. The maximum atomic E-state index is 11.3. The number of carbonyl (C=O) groups is 1. The summed E-state index contributed by atoms with van der Waals surface area (Å²) in [5.41, 5.74) is 7.96. The van der Waals surface area contributed by atoms with Gasteiger partial charge in [-0.1, -0.05) is 18.2 Å². The van der Waals surface area contributed by atoms with Crippen LogP contribution in [-0.2, 0) is 11.3 Å². The summed E-state index contributed by atoms with van der Waals surface area (Å²) in [6, 6.07) is 8.58. The van der Waals surface area contributed by atoms with Crippen LogP contribution in [0.5, 0.6) is 0 Å². The van der Waals surface area contributed by atoms with Crippen molar-refractivity contribution in [2.75, 3.05) is 19.3 Å². The third-order valence-electron chi connectivity index (χ3n) is 3.40. The Labute approximate surface area is 108 Å². The second kappa shape index (κ2) is 5.87. The summed E-state index contributed by atoms with van der Waals surface area (Å²) in [6.07, 6.45) is 3.03. The van der Waals surface area contributed by atoms with Gasteiger partial charge in [0, 0.05) is 38.3 Å². The minimum atomic E-state index is 0.0988. The predicted molar refractivity (Wildman–Crippen MR) is 73.0 cm³/mol. The number of nitrogens with zero attached hydrogens (tertiary/aromatic N) is 1. The topological polar surface area (TPSA) is 58.4 Å². The molecule has 2 rings (SSSR count). The Balaban J connectivity index is 1.94. The quantitative estimate of drug-likeness (QED) is 0.746. The van der Waals surface area contributed by atoms with E-state index in [1.807, 2.05) is 18.2 Å². The van der Waals surface area contributed by atoms with Crippen molar-refractivity contribution in [3.8, 4) is 0 Å². The number of nitrogen functional groups attached to an aromatic ring is 1. The molecular weight excluding hydrogens is 226 g/mol. The lowest BCUT2D eigenvalue weighted by atomic mass is 10.1. The van der Waals surface area contributed by atoms with Gasteiger partial charge in [-0.05, 0) is 24.5 Å². The van der Waals surface area contributed by atoms with E-state index in [1.165, 1.54) is 12.8 Å². The van der Waals surface area contributed by atoms with E-state index in [-0.39, 0.29) is 5.91 Å². The Hall–Kier alpha value is -1.55. The van der Waals surface area contributed by atoms with Gasteiger partial charge in [-0.2, -0.15) is 0 Å². The predicted octanol–water partition coefficient (Wildman–Crippen LogP) is 1.37. The molecule has 1 aromatic carbocycles. The van der Waals surface area contributed by atoms with Crippen LogP contribution < -0.4 is 11.1 Å². The molecule has 1 aliphatic carbocycles. The minimum Gasteiger partial charge on any atom is -0.398 e. The average molecular weight is 247 g/mol. The fourth-order valence-electron chi connectivity index (χ4n) is 2.10. The standard InChI is InChI=1S/C14H21N3O/c1-16-14(18)8-9-17(12-6-7-12)10-11-4-2-3-5-13(11)15/h2-5,12H,6-10,15H2,1H3,(H,16,18). The van der Waals surface area contributed by atoms with E-state index in [0.717, 1.165) is 24.3 Å². The fourth-order valence-corrected chi connectivity index (χ4v) is 2.10. The second-order valence-electron chi connectivity index (χ2n) is 4.82. The van der Waals surface area contributed by atoms with E-state index in [4.69, 9.17) is 5.73 Å². The summed E-state index contributed by atoms with van der Waals surface area (Å²) in [4.78, 5) is 13.7. The number of para-hydroxylation sites is 1. The maximum Gasteiger partial charge on any atom is 0.221 e. The van der Waals surface area contributed by atoms with E-state index < -0.39 is 0 Å². The van der Waals surface area contributed by atoms with Gasteiger partial charge in [-0.25, -0.2) is 0 Å². The number of hydrogen-bond acceptors (Lipinski definition) is 3. The van der Waals surface area contributed by atoms with Crippen molar-refractivity contribution in [3.63, 3.8) is 0 Å². The van der Waals surface area contributed by atoms with Gasteiger partial charge >= 0.3 is 0 Å². The Morgan fingerprint density at radius 2 is 2.17 bits per heavy atom. The number of hydrogen-bond donors (Lipinski definition) is 2. The van der Waals surface area contributed by atoms with Gasteiger partial charge in [0.2, 0.25) is 5.91 Å². The highest BCUT2D eigenvalue weighted by Gasteiger charge is 2.29. The van der Waals surface area contributed by atoms with E-state index in [9.17, 15) is 4.79 Å². The van der Waals surface area contributed by atoms with Crippen LogP contribution in [-0.4, -0.2) is 30.4 Å². The second-order valence-corrected chi connectivity index (χ2v) is 4.82. The van der Waals surface area contributed by atoms with Crippen LogP contribution in [0.25, 0.3) is 0 Å². The first-order valence-corrected chi connectivity index (χ1v) is 6.48. The van der Waals surface area contributed by atoms with Crippen molar-refractivity contribution < 1.29 is 4.79 Å². The van der Waals surface area contributed by atoms with Crippen molar-refractivity contribution >= 4 is 11.6 Å². The van der Waals surface area contributed by atoms with Crippen LogP contribution in [0.2, 0.25) is 0 Å². The summed E-state index contributed by atoms with van der Waals surface area (Å²) < 4.78 is 0. The SMILES string of the molecule is CNC(=O)CCN(Cc1ccccc1N)C1CC1. The molecule has 1 amide bonds. The zero-order valence-corrected chi connectivity index (χ0v) is 10.9. The minimum absolute atomic E-state index is 0.0988. The molecule has 0 heterocycles. The highest BCUT2D eigenvalue weighted by Crippen LogP contribution is 2.29. The lowest BCUT2D eigenvalue weighted by Gasteiger charge is -2.22. The molecule has 1 aromatic rings. The molecule has 0 spiro atoms. The van der Waals surface area contributed by atoms with Crippen LogP contribution in [0.4, 0.5) is 5.69 Å². The van der Waals surface area contributed by atoms with E-state index >= 15 is 0 Å². The van der Waals surface area contributed by atoms with Crippen molar-refractivity contribution in [1.82, 2.24) is 10.2 Å². The molecule has 0 saturated heterocycles. The molecule has 1 saturated carbocycles. The molecule has 0 aromatic heterocycles. The Kier molecular flexibility index (Phi) is 4.20. The number of amides is 1. The Bertz CT molecular complexity index is 415. The molecule has 1 aliphatic rings. The van der Waals surface area contributed by atoms with Gasteiger partial charge in [0.05, 0.1) is 0 Å². The lowest BCUT2D eigenvalue weighted by Crippen LogP contribution is -2.31. The molecular formula is C14H21N3O. The highest BCUT2D eigenvalue weighted by atomic mass is 16.1. The zero-order valence-electron chi connectivity index (χ0n) is 10.9. The van der Waals surface area contributed by atoms with Crippen LogP contribution in [0.15, 0.2) is 24.3 Å². The molecule has 0 aliphatic heterocycles. The summed E-state index contributed by atoms with van der Waals surface area (Å²) in [5.74, 6) is 0.0988. The van der Waals surface area contributed by atoms with Crippen LogP contribution in [0.3, 0.4) is 0 Å². The van der Waals surface area contributed by atoms with E-state index in [1.54, 1.807) is 7.05 Å². The monoisotopic (exact) mass is 247 g/mol. The molecule has 1 fully saturated rings. The molecule has 0 radical (unpaired) electrons. The molecule has 4 nitrogen and oxygen atoms in total. The summed E-state index contributed by atoms with van der Waals surface area (Å²) >= 11 is 0. The first-order valence-electron chi connectivity index (χ1n) is 6.48. The first kappa shape index (κ1) is 12.9. The summed E-state index contributed by atoms with van der Waals surface area (Å²) in [7, 11) is 1.68. The van der Waals surface area contributed by atoms with Crippen LogP contribution in [0.1, 0.15) is 24.8 Å². The van der Waals surface area contributed by atoms with E-state index in [0.29, 0.717) is 12.5 Å². The van der Waals surface area contributed by atoms with Gasteiger partial charge < -0.3 is 11.1 Å². The van der Waals surface area contributed by atoms with Gasteiger partial charge in [-0.15, -0.1) is 0 Å². The van der Waals surface area contributed by atoms with Crippen molar-refractivity contribution in [3.05, 3.63) is 29.8 Å². The summed E-state index contributed by atoms with van der Waals surface area (Å²) in [5, 5.41) is 2.66. The average Bonchev–Trinajstić information content (AvgIpc) is 3.20. The number of benzene rings is 1. The smallest absolute Gasteiger partial charge is 0.221 e. The van der Waals surface area contributed by atoms with Crippen LogP contribution in [0, 0.1) is 0 Å². The van der Waals surface area contributed by atoms with Crippen molar-refractivity contribution in [2.24, 2.45) is 0 Å². The summed E-state index contributed by atoms with van der Waals surface area (Å²) in [6.45, 7) is 1.65. The number of anilines is 1. The molecule has 3 N–H and O–H groups in total. The molecule has 0 atom stereocenters. The molecule has 0 bridgehead atoms. The maximum absolute atomic E-state index is 11.3. The van der Waals surface area contributed by atoms with Gasteiger partial charge in [0.25, 0.3) is 0 Å². The molecule has 0 unspecified atom stereocenters. The first-order chi connectivity index (χ1) is 8.70. The van der Waals surface area contributed by atoms with Gasteiger partial charge in [0.1, 0.15) is 0 Å². The fraction of sp³-hybridized carbons (Fsp3) is 0.500. The van der Waals surface area contributed by atoms with Gasteiger partial charge in [0.15, 0.2) is 0 Å². The zero-order chi connectivity index (χ0) is 13.0. The van der Waals surface area contributed by atoms with Crippen molar-refractivity contribution in [2.45, 2.75) is 31.8 Å². The number of nitrogens with two attached hydrogens (primary N) is 1.